The highest BCUT2D eigenvalue weighted by Gasteiger charge is 2.38. The van der Waals surface area contributed by atoms with Crippen molar-refractivity contribution in [2.45, 2.75) is 18.4 Å². The Balaban J connectivity index is 1.90. The van der Waals surface area contributed by atoms with E-state index in [0.717, 1.165) is 18.5 Å². The summed E-state index contributed by atoms with van der Waals surface area (Å²) in [6, 6.07) is 10.0. The van der Waals surface area contributed by atoms with Gasteiger partial charge in [-0.05, 0) is 24.9 Å². The van der Waals surface area contributed by atoms with Crippen LogP contribution >= 0.6 is 0 Å². The van der Waals surface area contributed by atoms with E-state index < -0.39 is 11.5 Å². The van der Waals surface area contributed by atoms with Crippen LogP contribution in [0.1, 0.15) is 18.4 Å². The van der Waals surface area contributed by atoms with E-state index in [1.54, 1.807) is 0 Å². The van der Waals surface area contributed by atoms with E-state index >= 15 is 0 Å². The Labute approximate surface area is 113 Å². The minimum Gasteiger partial charge on any atom is -0.379 e. The molecule has 0 spiro atoms. The predicted molar refractivity (Wildman–Crippen MR) is 75.3 cm³/mol. The SMILES string of the molecule is NC(=O)C1(O)CCCN(C/C=C/c2ccccc2)C1. The van der Waals surface area contributed by atoms with E-state index in [1.807, 2.05) is 47.4 Å². The maximum atomic E-state index is 11.2. The Morgan fingerprint density at radius 2 is 2.16 bits per heavy atom. The van der Waals surface area contributed by atoms with Crippen LogP contribution in [0.25, 0.3) is 6.08 Å². The van der Waals surface area contributed by atoms with Gasteiger partial charge in [-0.3, -0.25) is 9.69 Å². The van der Waals surface area contributed by atoms with Gasteiger partial charge in [0.1, 0.15) is 0 Å². The lowest BCUT2D eigenvalue weighted by molar-refractivity contribution is -0.141. The number of piperidine rings is 1. The molecule has 1 aromatic rings. The van der Waals surface area contributed by atoms with Crippen LogP contribution in [0.5, 0.6) is 0 Å². The largest absolute Gasteiger partial charge is 0.379 e. The van der Waals surface area contributed by atoms with Crippen LogP contribution in [0.3, 0.4) is 0 Å². The molecule has 19 heavy (non-hydrogen) atoms. The van der Waals surface area contributed by atoms with Gasteiger partial charge in [-0.25, -0.2) is 0 Å². The number of benzene rings is 1. The van der Waals surface area contributed by atoms with Crippen LogP contribution in [0.2, 0.25) is 0 Å². The number of amides is 1. The van der Waals surface area contributed by atoms with Crippen molar-refractivity contribution in [2.75, 3.05) is 19.6 Å². The van der Waals surface area contributed by atoms with Crippen LogP contribution in [-0.2, 0) is 4.79 Å². The summed E-state index contributed by atoms with van der Waals surface area (Å²) in [5, 5.41) is 10.1. The second kappa shape index (κ2) is 5.99. The molecule has 4 heteroatoms. The third-order valence-electron chi connectivity index (χ3n) is 3.48. The standard InChI is InChI=1S/C15H20N2O2/c16-14(18)15(19)9-5-11-17(12-15)10-4-8-13-6-2-1-3-7-13/h1-4,6-8,19H,5,9-12H2,(H2,16,18)/b8-4+. The number of nitrogens with zero attached hydrogens (tertiary/aromatic N) is 1. The normalized spacial score (nSPS) is 24.7. The molecule has 1 heterocycles. The first-order chi connectivity index (χ1) is 9.10. The summed E-state index contributed by atoms with van der Waals surface area (Å²) < 4.78 is 0. The van der Waals surface area contributed by atoms with E-state index in [0.29, 0.717) is 19.5 Å². The lowest BCUT2D eigenvalue weighted by Gasteiger charge is -2.36. The van der Waals surface area contributed by atoms with Crippen molar-refractivity contribution in [3.05, 3.63) is 42.0 Å². The van der Waals surface area contributed by atoms with Gasteiger partial charge in [0.05, 0.1) is 0 Å². The van der Waals surface area contributed by atoms with E-state index in [-0.39, 0.29) is 0 Å². The van der Waals surface area contributed by atoms with Crippen LogP contribution in [0, 0.1) is 0 Å². The summed E-state index contributed by atoms with van der Waals surface area (Å²) in [7, 11) is 0. The van der Waals surface area contributed by atoms with Gasteiger partial charge in [0.2, 0.25) is 0 Å². The zero-order chi connectivity index (χ0) is 13.7. The number of primary amides is 1. The molecule has 1 aromatic carbocycles. The highest BCUT2D eigenvalue weighted by Crippen LogP contribution is 2.20. The molecular weight excluding hydrogens is 240 g/mol. The molecular formula is C15H20N2O2. The Morgan fingerprint density at radius 1 is 1.42 bits per heavy atom. The molecule has 1 aliphatic heterocycles. The zero-order valence-corrected chi connectivity index (χ0v) is 11.0. The number of carbonyl (C=O) groups excluding carboxylic acids is 1. The summed E-state index contributed by atoms with van der Waals surface area (Å²) >= 11 is 0. The van der Waals surface area contributed by atoms with Crippen molar-refractivity contribution in [1.29, 1.82) is 0 Å². The molecule has 0 radical (unpaired) electrons. The quantitative estimate of drug-likeness (QED) is 0.849. The summed E-state index contributed by atoms with van der Waals surface area (Å²) in [6.07, 6.45) is 5.33. The number of aliphatic hydroxyl groups is 1. The maximum Gasteiger partial charge on any atom is 0.250 e. The topological polar surface area (TPSA) is 66.6 Å². The van der Waals surface area contributed by atoms with Crippen LogP contribution < -0.4 is 5.73 Å². The Bertz CT molecular complexity index is 458. The van der Waals surface area contributed by atoms with Crippen LogP contribution in [-0.4, -0.2) is 41.1 Å². The van der Waals surface area contributed by atoms with Crippen LogP contribution in [0.4, 0.5) is 0 Å². The van der Waals surface area contributed by atoms with Gasteiger partial charge < -0.3 is 10.8 Å². The first kappa shape index (κ1) is 13.8. The van der Waals surface area contributed by atoms with E-state index in [4.69, 9.17) is 5.73 Å². The molecule has 1 unspecified atom stereocenters. The average Bonchev–Trinajstić information content (AvgIpc) is 2.40. The molecule has 102 valence electrons. The number of hydrogen-bond acceptors (Lipinski definition) is 3. The van der Waals surface area contributed by atoms with Crippen molar-refractivity contribution in [3.8, 4) is 0 Å². The van der Waals surface area contributed by atoms with Gasteiger partial charge in [-0.1, -0.05) is 42.5 Å². The third kappa shape index (κ3) is 3.66. The van der Waals surface area contributed by atoms with Gasteiger partial charge in [0, 0.05) is 13.1 Å². The Morgan fingerprint density at radius 3 is 2.84 bits per heavy atom. The zero-order valence-electron chi connectivity index (χ0n) is 11.0. The van der Waals surface area contributed by atoms with Gasteiger partial charge >= 0.3 is 0 Å². The number of β-amino-alcohol motifs (C(OH)–C–C–N with tert-alkyl or cyclic N) is 1. The molecule has 4 nitrogen and oxygen atoms in total. The number of rotatable bonds is 4. The monoisotopic (exact) mass is 260 g/mol. The second-order valence-corrected chi connectivity index (χ2v) is 5.05. The molecule has 0 saturated carbocycles. The molecule has 1 amide bonds. The smallest absolute Gasteiger partial charge is 0.250 e. The van der Waals surface area contributed by atoms with Crippen molar-refractivity contribution < 1.29 is 9.90 Å². The van der Waals surface area contributed by atoms with E-state index in [1.165, 1.54) is 0 Å². The molecule has 1 saturated heterocycles. The number of likely N-dealkylation sites (tertiary alicyclic amines) is 1. The fourth-order valence-corrected chi connectivity index (χ4v) is 2.38. The fourth-order valence-electron chi connectivity index (χ4n) is 2.38. The summed E-state index contributed by atoms with van der Waals surface area (Å²) in [5.74, 6) is -0.621. The minimum atomic E-state index is -1.36. The number of nitrogens with two attached hydrogens (primary N) is 1. The molecule has 0 aromatic heterocycles. The van der Waals surface area contributed by atoms with Crippen molar-refractivity contribution in [2.24, 2.45) is 5.73 Å². The molecule has 2 rings (SSSR count). The number of hydrogen-bond donors (Lipinski definition) is 2. The highest BCUT2D eigenvalue weighted by molar-refractivity contribution is 5.83. The third-order valence-corrected chi connectivity index (χ3v) is 3.48. The molecule has 3 N–H and O–H groups in total. The Hall–Kier alpha value is -1.65. The minimum absolute atomic E-state index is 0.321. The fraction of sp³-hybridized carbons (Fsp3) is 0.400. The second-order valence-electron chi connectivity index (χ2n) is 5.05. The number of carbonyl (C=O) groups is 1. The van der Waals surface area contributed by atoms with E-state index in [9.17, 15) is 9.90 Å². The van der Waals surface area contributed by atoms with Crippen molar-refractivity contribution in [1.82, 2.24) is 4.90 Å². The van der Waals surface area contributed by atoms with Gasteiger partial charge in [0.25, 0.3) is 5.91 Å². The average molecular weight is 260 g/mol. The lowest BCUT2D eigenvalue weighted by atomic mass is 9.92. The molecule has 1 fully saturated rings. The van der Waals surface area contributed by atoms with Gasteiger partial charge in [0.15, 0.2) is 5.60 Å². The lowest BCUT2D eigenvalue weighted by Crippen LogP contribution is -2.55. The first-order valence-electron chi connectivity index (χ1n) is 6.56. The summed E-state index contributed by atoms with van der Waals surface area (Å²) in [4.78, 5) is 13.3. The summed E-state index contributed by atoms with van der Waals surface area (Å²) in [6.45, 7) is 1.92. The molecule has 1 aliphatic rings. The molecule has 1 atom stereocenters. The van der Waals surface area contributed by atoms with Gasteiger partial charge in [-0.15, -0.1) is 0 Å². The molecule has 0 aliphatic carbocycles. The van der Waals surface area contributed by atoms with Crippen molar-refractivity contribution >= 4 is 12.0 Å². The molecule has 0 bridgehead atoms. The maximum absolute atomic E-state index is 11.2. The summed E-state index contributed by atoms with van der Waals surface area (Å²) in [5.41, 5.74) is 5.03. The van der Waals surface area contributed by atoms with Crippen LogP contribution in [0.15, 0.2) is 36.4 Å². The van der Waals surface area contributed by atoms with Gasteiger partial charge in [-0.2, -0.15) is 0 Å². The Kier molecular flexibility index (Phi) is 4.35. The first-order valence-corrected chi connectivity index (χ1v) is 6.56. The highest BCUT2D eigenvalue weighted by atomic mass is 16.3. The van der Waals surface area contributed by atoms with E-state index in [2.05, 4.69) is 0 Å². The predicted octanol–water partition coefficient (Wildman–Crippen LogP) is 1.01. The van der Waals surface area contributed by atoms with Crippen molar-refractivity contribution in [3.63, 3.8) is 0 Å².